The zero-order valence-corrected chi connectivity index (χ0v) is 17.1. The van der Waals surface area contributed by atoms with E-state index in [9.17, 15) is 5.11 Å². The Morgan fingerprint density at radius 2 is 1.37 bits per heavy atom. The van der Waals surface area contributed by atoms with Crippen LogP contribution in [0.25, 0.3) is 11.5 Å². The van der Waals surface area contributed by atoms with E-state index in [4.69, 9.17) is 9.15 Å². The molecule has 0 aliphatic heterocycles. The minimum atomic E-state index is -0.669. The molecule has 5 nitrogen and oxygen atoms in total. The number of nitrogens with zero attached hydrogens (tertiary/aromatic N) is 2. The molecule has 0 fully saturated rings. The number of thioether (sulfide) groups is 1. The summed E-state index contributed by atoms with van der Waals surface area (Å²) in [5, 5.41) is 19.0. The number of aromatic nitrogens is 2. The molecule has 1 atom stereocenters. The molecule has 4 rings (SSSR count). The summed E-state index contributed by atoms with van der Waals surface area (Å²) >= 11 is 1.32. The summed E-state index contributed by atoms with van der Waals surface area (Å²) in [6, 6.07) is 29.6. The summed E-state index contributed by atoms with van der Waals surface area (Å²) in [5.74, 6) is 0.865. The molecule has 4 aromatic rings. The van der Waals surface area contributed by atoms with Crippen LogP contribution in [-0.4, -0.2) is 33.8 Å². The molecule has 152 valence electrons. The molecule has 0 saturated heterocycles. The Morgan fingerprint density at radius 3 is 1.97 bits per heavy atom. The van der Waals surface area contributed by atoms with E-state index in [1.807, 2.05) is 91.0 Å². The van der Waals surface area contributed by atoms with Crippen LogP contribution >= 0.6 is 11.8 Å². The van der Waals surface area contributed by atoms with E-state index in [0.29, 0.717) is 16.9 Å². The van der Waals surface area contributed by atoms with E-state index in [2.05, 4.69) is 10.2 Å². The fourth-order valence-electron chi connectivity index (χ4n) is 3.03. The second kappa shape index (κ2) is 10.2. The highest BCUT2D eigenvalue weighted by molar-refractivity contribution is 7.99. The first-order valence-electron chi connectivity index (χ1n) is 9.71. The van der Waals surface area contributed by atoms with Gasteiger partial charge in [-0.3, -0.25) is 0 Å². The number of hydrogen-bond donors (Lipinski definition) is 1. The molecule has 0 saturated carbocycles. The molecule has 0 radical (unpaired) electrons. The average molecular weight is 419 g/mol. The Bertz CT molecular complexity index is 987. The Balaban J connectivity index is 1.34. The third-order valence-electron chi connectivity index (χ3n) is 4.49. The molecule has 1 heterocycles. The van der Waals surface area contributed by atoms with E-state index in [-0.39, 0.29) is 12.7 Å². The van der Waals surface area contributed by atoms with Gasteiger partial charge in [0.1, 0.15) is 6.10 Å². The maximum atomic E-state index is 10.4. The summed E-state index contributed by atoms with van der Waals surface area (Å²) < 4.78 is 11.8. The summed E-state index contributed by atoms with van der Waals surface area (Å²) in [5.41, 5.74) is 2.97. The maximum Gasteiger partial charge on any atom is 0.276 e. The summed E-state index contributed by atoms with van der Waals surface area (Å²) in [4.78, 5) is 0. The minimum Gasteiger partial charge on any atom is -0.411 e. The van der Waals surface area contributed by atoms with Gasteiger partial charge in [-0.15, -0.1) is 10.2 Å². The van der Waals surface area contributed by atoms with Crippen LogP contribution in [0.4, 0.5) is 0 Å². The van der Waals surface area contributed by atoms with Gasteiger partial charge in [0.05, 0.1) is 12.7 Å². The topological polar surface area (TPSA) is 68.4 Å². The summed E-state index contributed by atoms with van der Waals surface area (Å²) in [6.45, 7) is 0.196. The molecular formula is C24H22N2O3S. The molecule has 0 aliphatic rings. The second-order valence-electron chi connectivity index (χ2n) is 6.74. The van der Waals surface area contributed by atoms with Crippen LogP contribution in [0.2, 0.25) is 0 Å². The lowest BCUT2D eigenvalue weighted by atomic mass is 10.0. The van der Waals surface area contributed by atoms with Crippen molar-refractivity contribution in [1.29, 1.82) is 0 Å². The number of benzene rings is 3. The molecular weight excluding hydrogens is 396 g/mol. The standard InChI is InChI=1S/C24H22N2O3S/c27-21(17-30-24-26-25-23(29-24)20-14-8-3-9-15-20)16-28-22(18-10-4-1-5-11-18)19-12-6-2-7-13-19/h1-15,21-22,27H,16-17H2/t21-/m0/s1. The van der Waals surface area contributed by atoms with E-state index < -0.39 is 6.10 Å². The van der Waals surface area contributed by atoms with Crippen LogP contribution in [0.3, 0.4) is 0 Å². The van der Waals surface area contributed by atoms with Gasteiger partial charge in [-0.1, -0.05) is 90.6 Å². The van der Waals surface area contributed by atoms with Gasteiger partial charge in [-0.25, -0.2) is 0 Å². The zero-order chi connectivity index (χ0) is 20.6. The van der Waals surface area contributed by atoms with Gasteiger partial charge in [0.2, 0.25) is 5.89 Å². The van der Waals surface area contributed by atoms with Gasteiger partial charge in [-0.2, -0.15) is 0 Å². The summed E-state index contributed by atoms with van der Waals surface area (Å²) in [7, 11) is 0. The highest BCUT2D eigenvalue weighted by Crippen LogP contribution is 2.27. The monoisotopic (exact) mass is 418 g/mol. The minimum absolute atomic E-state index is 0.196. The number of rotatable bonds is 9. The maximum absolute atomic E-state index is 10.4. The van der Waals surface area contributed by atoms with Crippen LogP contribution in [-0.2, 0) is 4.74 Å². The Hall–Kier alpha value is -2.93. The van der Waals surface area contributed by atoms with E-state index >= 15 is 0 Å². The lowest BCUT2D eigenvalue weighted by molar-refractivity contribution is 0.0155. The number of hydrogen-bond acceptors (Lipinski definition) is 6. The highest BCUT2D eigenvalue weighted by atomic mass is 32.2. The molecule has 0 aliphatic carbocycles. The predicted octanol–water partition coefficient (Wildman–Crippen LogP) is 5.00. The Morgan fingerprint density at radius 1 is 0.800 bits per heavy atom. The Labute approximate surface area is 179 Å². The fourth-order valence-corrected chi connectivity index (χ4v) is 3.70. The lowest BCUT2D eigenvalue weighted by Crippen LogP contribution is -2.20. The quantitative estimate of drug-likeness (QED) is 0.386. The van der Waals surface area contributed by atoms with Gasteiger partial charge < -0.3 is 14.3 Å². The molecule has 0 spiro atoms. The molecule has 30 heavy (non-hydrogen) atoms. The van der Waals surface area contributed by atoms with E-state index in [0.717, 1.165) is 16.7 Å². The third kappa shape index (κ3) is 5.36. The zero-order valence-electron chi connectivity index (χ0n) is 16.3. The molecule has 1 N–H and O–H groups in total. The molecule has 0 unspecified atom stereocenters. The number of ether oxygens (including phenoxy) is 1. The van der Waals surface area contributed by atoms with Crippen LogP contribution in [0.5, 0.6) is 0 Å². The van der Waals surface area contributed by atoms with Crippen LogP contribution in [0, 0.1) is 0 Å². The molecule has 0 bridgehead atoms. The largest absolute Gasteiger partial charge is 0.411 e. The molecule has 3 aromatic carbocycles. The van der Waals surface area contributed by atoms with Crippen molar-refractivity contribution < 1.29 is 14.3 Å². The van der Waals surface area contributed by atoms with E-state index in [1.165, 1.54) is 11.8 Å². The first kappa shape index (κ1) is 20.3. The van der Waals surface area contributed by atoms with Crippen molar-refractivity contribution in [2.24, 2.45) is 0 Å². The van der Waals surface area contributed by atoms with Gasteiger partial charge >= 0.3 is 0 Å². The second-order valence-corrected chi connectivity index (χ2v) is 7.71. The van der Waals surface area contributed by atoms with Gasteiger partial charge in [0.15, 0.2) is 0 Å². The van der Waals surface area contributed by atoms with Crippen LogP contribution in [0.1, 0.15) is 17.2 Å². The van der Waals surface area contributed by atoms with Gasteiger partial charge in [0.25, 0.3) is 5.22 Å². The number of aliphatic hydroxyl groups excluding tert-OH is 1. The smallest absolute Gasteiger partial charge is 0.276 e. The average Bonchev–Trinajstić information content (AvgIpc) is 3.29. The first-order valence-corrected chi connectivity index (χ1v) is 10.7. The van der Waals surface area contributed by atoms with Crippen molar-refractivity contribution in [3.8, 4) is 11.5 Å². The first-order chi connectivity index (χ1) is 14.8. The highest BCUT2D eigenvalue weighted by Gasteiger charge is 2.17. The van der Waals surface area contributed by atoms with Crippen molar-refractivity contribution in [2.45, 2.75) is 17.4 Å². The van der Waals surface area contributed by atoms with Gasteiger partial charge in [0, 0.05) is 11.3 Å². The third-order valence-corrected chi connectivity index (χ3v) is 5.45. The number of aliphatic hydroxyl groups is 1. The molecule has 0 amide bonds. The van der Waals surface area contributed by atoms with Crippen molar-refractivity contribution in [1.82, 2.24) is 10.2 Å². The molecule has 6 heteroatoms. The predicted molar refractivity (Wildman–Crippen MR) is 117 cm³/mol. The van der Waals surface area contributed by atoms with Crippen LogP contribution in [0.15, 0.2) is 101 Å². The van der Waals surface area contributed by atoms with Crippen LogP contribution < -0.4 is 0 Å². The SMILES string of the molecule is O[C@@H](COC(c1ccccc1)c1ccccc1)CSc1nnc(-c2ccccc2)o1. The lowest BCUT2D eigenvalue weighted by Gasteiger charge is -2.20. The normalized spacial score (nSPS) is 12.2. The molecule has 1 aromatic heterocycles. The van der Waals surface area contributed by atoms with Crippen molar-refractivity contribution in [2.75, 3.05) is 12.4 Å². The van der Waals surface area contributed by atoms with Crippen molar-refractivity contribution in [3.63, 3.8) is 0 Å². The van der Waals surface area contributed by atoms with Crippen molar-refractivity contribution in [3.05, 3.63) is 102 Å². The van der Waals surface area contributed by atoms with Crippen molar-refractivity contribution >= 4 is 11.8 Å². The van der Waals surface area contributed by atoms with E-state index in [1.54, 1.807) is 0 Å². The Kier molecular flexibility index (Phi) is 6.92. The fraction of sp³-hybridized carbons (Fsp3) is 0.167. The summed E-state index contributed by atoms with van der Waals surface area (Å²) in [6.07, 6.45) is -0.905. The van der Waals surface area contributed by atoms with Gasteiger partial charge in [-0.05, 0) is 23.3 Å².